The first-order chi connectivity index (χ1) is 13.9. The van der Waals surface area contributed by atoms with Gasteiger partial charge < -0.3 is 30.0 Å². The Labute approximate surface area is 226 Å². The van der Waals surface area contributed by atoms with Crippen molar-refractivity contribution in [2.45, 2.75) is 4.90 Å². The van der Waals surface area contributed by atoms with Gasteiger partial charge in [-0.25, -0.2) is 9.59 Å². The molecule has 0 amide bonds. The molecule has 32 heavy (non-hydrogen) atoms. The maximum absolute atomic E-state index is 11.6. The van der Waals surface area contributed by atoms with Gasteiger partial charge in [-0.05, 0) is 36.8 Å². The third-order valence-corrected chi connectivity index (χ3v) is 4.65. The van der Waals surface area contributed by atoms with E-state index in [4.69, 9.17) is 10.2 Å². The van der Waals surface area contributed by atoms with Gasteiger partial charge in [0.05, 0.1) is 29.7 Å². The maximum Gasteiger partial charge on any atom is 1.00 e. The molecule has 0 saturated heterocycles. The zero-order valence-electron chi connectivity index (χ0n) is 16.9. The van der Waals surface area contributed by atoms with Crippen LogP contribution in [0.25, 0.3) is 0 Å². The number of hydrogen-bond acceptors (Lipinski definition) is 9. The summed E-state index contributed by atoms with van der Waals surface area (Å²) in [4.78, 5) is 41.3. The van der Waals surface area contributed by atoms with Crippen molar-refractivity contribution in [1.82, 2.24) is 0 Å². The predicted molar refractivity (Wildman–Crippen MR) is 94.0 cm³/mol. The number of hydrogen-bond donors (Lipinski definition) is 2. The molecule has 2 aromatic rings. The summed E-state index contributed by atoms with van der Waals surface area (Å²) in [6, 6.07) is 7.51. The van der Waals surface area contributed by atoms with Crippen molar-refractivity contribution in [2.75, 3.05) is 6.61 Å². The van der Waals surface area contributed by atoms with E-state index in [1.807, 2.05) is 0 Å². The molecule has 159 valence electrons. The first-order valence-corrected chi connectivity index (χ1v) is 9.13. The zero-order chi connectivity index (χ0) is 23.1. The van der Waals surface area contributed by atoms with E-state index in [1.165, 1.54) is 18.2 Å². The van der Waals surface area contributed by atoms with Crippen molar-refractivity contribution < 1.29 is 111 Å². The summed E-state index contributed by atoms with van der Waals surface area (Å²) in [5.41, 5.74) is -1.23. The summed E-state index contributed by atoms with van der Waals surface area (Å²) in [5.74, 6) is -5.67. The van der Waals surface area contributed by atoms with Gasteiger partial charge in [0.15, 0.2) is 0 Å². The van der Waals surface area contributed by atoms with Crippen LogP contribution in [0, 0.1) is 6.92 Å². The number of carboxylic acid groups (broad SMARTS) is 4. The van der Waals surface area contributed by atoms with Crippen molar-refractivity contribution >= 4 is 34.0 Å². The fourth-order valence-electron chi connectivity index (χ4n) is 1.98. The molecule has 0 atom stereocenters. The molecular formula is C18H13Na2O11S. The average molecular weight is 483 g/mol. The summed E-state index contributed by atoms with van der Waals surface area (Å²) in [5, 5.41) is 38.3. The van der Waals surface area contributed by atoms with Crippen LogP contribution in [0.5, 0.6) is 0 Å². The van der Waals surface area contributed by atoms with Crippen LogP contribution < -0.4 is 69.3 Å². The second kappa shape index (κ2) is 14.4. The predicted octanol–water partition coefficient (Wildman–Crippen LogP) is -6.96. The van der Waals surface area contributed by atoms with Crippen molar-refractivity contribution in [3.63, 3.8) is 0 Å². The van der Waals surface area contributed by atoms with Crippen LogP contribution in [-0.2, 0) is 14.3 Å². The van der Waals surface area contributed by atoms with E-state index >= 15 is 0 Å². The summed E-state index contributed by atoms with van der Waals surface area (Å²) in [6.45, 7) is 2.67. The molecule has 0 unspecified atom stereocenters. The van der Waals surface area contributed by atoms with Crippen LogP contribution in [0.3, 0.4) is 0 Å². The standard InChI is InChI=1S/C10H9O7S.C8H6O4.2Na/c1-2-17-18(15,16)8-5-6(9(11)12)3-4-7(8)10(13)14;9-7(10)5-2-1-3-6(4-5)8(11)12;;/h3-5H,1-2H2,(H,11,12)(H,13,14);1-4H,(H,9,10)(H,11,12);;/q;;2*+1/p-2. The molecule has 0 aromatic heterocycles. The van der Waals surface area contributed by atoms with Gasteiger partial charge in [0, 0.05) is 5.56 Å². The molecule has 1 radical (unpaired) electrons. The maximum atomic E-state index is 11.6. The summed E-state index contributed by atoms with van der Waals surface area (Å²) < 4.78 is 27.4. The number of benzene rings is 2. The quantitative estimate of drug-likeness (QED) is 0.280. The molecule has 0 saturated carbocycles. The zero-order valence-corrected chi connectivity index (χ0v) is 21.7. The Kier molecular flexibility index (Phi) is 14.6. The van der Waals surface area contributed by atoms with Gasteiger partial charge in [0.2, 0.25) is 0 Å². The molecule has 14 heteroatoms. The normalized spacial score (nSPS) is 9.78. The van der Waals surface area contributed by atoms with Crippen molar-refractivity contribution in [3.05, 3.63) is 71.6 Å². The smallest absolute Gasteiger partial charge is 0.545 e. The third kappa shape index (κ3) is 9.38. The summed E-state index contributed by atoms with van der Waals surface area (Å²) in [6.07, 6.45) is 0. The number of carboxylic acids is 4. The molecule has 0 aliphatic heterocycles. The molecule has 11 nitrogen and oxygen atoms in total. The van der Waals surface area contributed by atoms with E-state index in [1.54, 1.807) is 0 Å². The van der Waals surface area contributed by atoms with Crippen LogP contribution in [0.2, 0.25) is 0 Å². The van der Waals surface area contributed by atoms with Crippen molar-refractivity contribution in [3.8, 4) is 0 Å². The molecule has 0 aliphatic rings. The Bertz CT molecular complexity index is 1070. The molecule has 2 N–H and O–H groups in total. The van der Waals surface area contributed by atoms with Gasteiger partial charge in [0.1, 0.15) is 4.90 Å². The molecule has 0 heterocycles. The molecule has 0 fully saturated rings. The van der Waals surface area contributed by atoms with Gasteiger partial charge in [-0.15, -0.1) is 0 Å². The minimum absolute atomic E-state index is 0. The van der Waals surface area contributed by atoms with Crippen molar-refractivity contribution in [2.24, 2.45) is 0 Å². The molecule has 0 bridgehead atoms. The SMILES string of the molecule is O=C(O)c1cccc(C(=O)O)c1.[CH2]COS(=O)(=O)c1cc(C(=O)[O-])ccc1C(=O)[O-].[Na+].[Na+]. The average Bonchev–Trinajstić information content (AvgIpc) is 2.67. The van der Waals surface area contributed by atoms with Gasteiger partial charge >= 0.3 is 71.1 Å². The van der Waals surface area contributed by atoms with Crippen LogP contribution >= 0.6 is 0 Å². The Hall–Kier alpha value is -1.77. The number of rotatable bonds is 7. The van der Waals surface area contributed by atoms with E-state index in [0.717, 1.165) is 18.2 Å². The van der Waals surface area contributed by atoms with Gasteiger partial charge in [-0.1, -0.05) is 18.2 Å². The molecule has 0 aliphatic carbocycles. The Morgan fingerprint density at radius 2 is 1.34 bits per heavy atom. The molecule has 2 aromatic carbocycles. The fourth-order valence-corrected chi connectivity index (χ4v) is 3.02. The molecule has 0 spiro atoms. The van der Waals surface area contributed by atoms with Crippen LogP contribution in [0.15, 0.2) is 47.4 Å². The first-order valence-electron chi connectivity index (χ1n) is 7.72. The van der Waals surface area contributed by atoms with Gasteiger partial charge in [0.25, 0.3) is 10.1 Å². The fraction of sp³-hybridized carbons (Fsp3) is 0.0556. The molecular weight excluding hydrogens is 470 g/mol. The van der Waals surface area contributed by atoms with Crippen LogP contribution in [0.4, 0.5) is 0 Å². The van der Waals surface area contributed by atoms with Crippen molar-refractivity contribution in [1.29, 1.82) is 0 Å². The Morgan fingerprint density at radius 1 is 0.844 bits per heavy atom. The Morgan fingerprint density at radius 3 is 1.72 bits per heavy atom. The minimum Gasteiger partial charge on any atom is -0.545 e. The topological polar surface area (TPSA) is 198 Å². The monoisotopic (exact) mass is 483 g/mol. The minimum atomic E-state index is -4.42. The van der Waals surface area contributed by atoms with E-state index < -0.39 is 56.6 Å². The van der Waals surface area contributed by atoms with Crippen LogP contribution in [0.1, 0.15) is 41.4 Å². The van der Waals surface area contributed by atoms with E-state index in [9.17, 15) is 37.8 Å². The third-order valence-electron chi connectivity index (χ3n) is 3.30. The number of aromatic carboxylic acids is 4. The molecule has 2 rings (SSSR count). The van der Waals surface area contributed by atoms with Gasteiger partial charge in [-0.2, -0.15) is 8.42 Å². The first kappa shape index (κ1) is 32.4. The van der Waals surface area contributed by atoms with E-state index in [0.29, 0.717) is 6.07 Å². The summed E-state index contributed by atoms with van der Waals surface area (Å²) in [7, 11) is -4.42. The largest absolute Gasteiger partial charge is 1.00 e. The van der Waals surface area contributed by atoms with Crippen LogP contribution in [-0.4, -0.2) is 49.1 Å². The van der Waals surface area contributed by atoms with E-state index in [2.05, 4.69) is 11.1 Å². The van der Waals surface area contributed by atoms with E-state index in [-0.39, 0.29) is 70.2 Å². The Balaban J connectivity index is 0. The summed E-state index contributed by atoms with van der Waals surface area (Å²) >= 11 is 0. The second-order valence-electron chi connectivity index (χ2n) is 5.25. The van der Waals surface area contributed by atoms with Gasteiger partial charge in [-0.3, -0.25) is 4.18 Å². The number of carbonyl (C=O) groups is 4. The number of carbonyl (C=O) groups excluding carboxylic acids is 2. The second-order valence-corrected chi connectivity index (χ2v) is 6.84.